The average Bonchev–Trinajstić information content (AvgIpc) is 3.54. The van der Waals surface area contributed by atoms with E-state index in [-0.39, 0.29) is 0 Å². The standard InChI is InChI=1S/C44H48N4OSi4/c1-50(2)22-24-52(5,6)39-27-30(16-19-37(39)50)43-46-42(47-44(48-43)31-17-20-38-40(28-31)53(7,8)25-23-51(38,3)4)29-15-18-32-33-12-11-13-34(35-14-9-10-21-45-35)41(33)49-36(32)26-29/h9-21,26-28H,22-25H2,1-8H3. The number of benzene rings is 4. The fraction of sp³-hybridized carbons (Fsp3) is 0.273. The summed E-state index contributed by atoms with van der Waals surface area (Å²) in [6.45, 7) is 20.3. The summed E-state index contributed by atoms with van der Waals surface area (Å²) in [6.07, 6.45) is 1.83. The Bertz CT molecular complexity index is 2500. The largest absolute Gasteiger partial charge is 0.455 e. The highest BCUT2D eigenvalue weighted by Crippen LogP contribution is 2.37. The topological polar surface area (TPSA) is 64.7 Å². The highest BCUT2D eigenvalue weighted by molar-refractivity contribution is 7.04. The quantitative estimate of drug-likeness (QED) is 0.167. The van der Waals surface area contributed by atoms with E-state index in [1.165, 1.54) is 24.2 Å². The lowest BCUT2D eigenvalue weighted by molar-refractivity contribution is 0.670. The van der Waals surface area contributed by atoms with Crippen LogP contribution < -0.4 is 20.7 Å². The maximum Gasteiger partial charge on any atom is 0.164 e. The maximum absolute atomic E-state index is 6.64. The van der Waals surface area contributed by atoms with Crippen LogP contribution in [0, 0.1) is 0 Å². The second-order valence-corrected chi connectivity index (χ2v) is 37.3. The van der Waals surface area contributed by atoms with Crippen molar-refractivity contribution >= 4 is 75.0 Å². The van der Waals surface area contributed by atoms with Crippen molar-refractivity contribution in [1.29, 1.82) is 0 Å². The molecular formula is C44H48N4OSi4. The SMILES string of the molecule is C[Si]1(C)CC[Si](C)(C)c2cc(-c3nc(-c4ccc5c(c4)[Si](C)(C)CC[Si]5(C)C)nc(-c4ccc5c(c4)oc4c(-c6ccccn6)cccc45)n3)ccc21. The molecule has 2 aliphatic rings. The lowest BCUT2D eigenvalue weighted by Gasteiger charge is -2.39. The van der Waals surface area contributed by atoms with Gasteiger partial charge in [-0.25, -0.2) is 15.0 Å². The Labute approximate surface area is 317 Å². The first-order valence-corrected chi connectivity index (χ1v) is 32.0. The van der Waals surface area contributed by atoms with Gasteiger partial charge in [0.15, 0.2) is 17.5 Å². The summed E-state index contributed by atoms with van der Waals surface area (Å²) in [5.74, 6) is 2.16. The van der Waals surface area contributed by atoms with Crippen LogP contribution in [0.5, 0.6) is 0 Å². The number of fused-ring (bicyclic) bond motifs is 5. The van der Waals surface area contributed by atoms with Gasteiger partial charge in [0, 0.05) is 39.2 Å². The third-order valence-electron chi connectivity index (χ3n) is 12.6. The molecule has 0 aliphatic carbocycles. The monoisotopic (exact) mass is 760 g/mol. The minimum atomic E-state index is -1.59. The maximum atomic E-state index is 6.64. The first-order valence-electron chi connectivity index (χ1n) is 19.1. The number of hydrogen-bond donors (Lipinski definition) is 0. The third-order valence-corrected chi connectivity index (χ3v) is 27.6. The van der Waals surface area contributed by atoms with Gasteiger partial charge in [-0.1, -0.05) is 158 Å². The Hall–Kier alpha value is -4.29. The number of hydrogen-bond acceptors (Lipinski definition) is 5. The van der Waals surface area contributed by atoms with E-state index in [9.17, 15) is 0 Å². The smallest absolute Gasteiger partial charge is 0.164 e. The number of rotatable bonds is 4. The van der Waals surface area contributed by atoms with E-state index >= 15 is 0 Å². The molecule has 0 unspecified atom stereocenters. The van der Waals surface area contributed by atoms with Gasteiger partial charge in [0.05, 0.1) is 38.0 Å². The molecule has 0 N–H and O–H groups in total. The van der Waals surface area contributed by atoms with E-state index < -0.39 is 32.3 Å². The van der Waals surface area contributed by atoms with Crippen molar-refractivity contribution in [3.05, 3.63) is 97.2 Å². The highest BCUT2D eigenvalue weighted by atomic mass is 28.3. The molecule has 0 saturated carbocycles. The Kier molecular flexibility index (Phi) is 7.88. The molecule has 0 amide bonds. The molecule has 0 atom stereocenters. The van der Waals surface area contributed by atoms with Gasteiger partial charge in [0.1, 0.15) is 11.2 Å². The fourth-order valence-electron chi connectivity index (χ4n) is 8.88. The van der Waals surface area contributed by atoms with E-state index in [0.717, 1.165) is 61.5 Å². The van der Waals surface area contributed by atoms with E-state index in [1.54, 1.807) is 20.7 Å². The van der Waals surface area contributed by atoms with Crippen LogP contribution in [0.2, 0.25) is 76.6 Å². The summed E-state index contributed by atoms with van der Waals surface area (Å²) in [5, 5.41) is 8.61. The molecule has 5 heterocycles. The van der Waals surface area contributed by atoms with Gasteiger partial charge in [0.2, 0.25) is 0 Å². The number of aromatic nitrogens is 4. The molecule has 9 heteroatoms. The van der Waals surface area contributed by atoms with E-state index in [4.69, 9.17) is 19.4 Å². The predicted molar refractivity (Wildman–Crippen MR) is 234 cm³/mol. The number of furan rings is 1. The zero-order valence-electron chi connectivity index (χ0n) is 32.3. The van der Waals surface area contributed by atoms with E-state index in [0.29, 0.717) is 5.82 Å². The lowest BCUT2D eigenvalue weighted by atomic mass is 10.1. The molecule has 53 heavy (non-hydrogen) atoms. The van der Waals surface area contributed by atoms with Gasteiger partial charge in [-0.2, -0.15) is 0 Å². The molecule has 9 rings (SSSR count). The Morgan fingerprint density at radius 2 is 0.981 bits per heavy atom. The van der Waals surface area contributed by atoms with Crippen molar-refractivity contribution < 1.29 is 4.42 Å². The van der Waals surface area contributed by atoms with Gasteiger partial charge in [-0.15, -0.1) is 0 Å². The van der Waals surface area contributed by atoms with Crippen molar-refractivity contribution in [2.45, 2.75) is 76.6 Å². The van der Waals surface area contributed by atoms with Crippen molar-refractivity contribution in [2.24, 2.45) is 0 Å². The molecule has 5 nitrogen and oxygen atoms in total. The molecule has 7 aromatic rings. The summed E-state index contributed by atoms with van der Waals surface area (Å²) >= 11 is 0. The summed E-state index contributed by atoms with van der Waals surface area (Å²) in [7, 11) is -6.14. The minimum absolute atomic E-state index is 0.671. The summed E-state index contributed by atoms with van der Waals surface area (Å²) in [5.41, 5.74) is 6.64. The second kappa shape index (κ2) is 12.1. The van der Waals surface area contributed by atoms with E-state index in [2.05, 4.69) is 130 Å². The summed E-state index contributed by atoms with van der Waals surface area (Å²) < 4.78 is 6.64. The number of pyridine rings is 1. The van der Waals surface area contributed by atoms with Crippen LogP contribution in [0.4, 0.5) is 0 Å². The van der Waals surface area contributed by atoms with Gasteiger partial charge in [-0.3, -0.25) is 4.98 Å². The van der Waals surface area contributed by atoms with Crippen LogP contribution in [0.1, 0.15) is 0 Å². The second-order valence-electron chi connectivity index (χ2n) is 18.1. The molecule has 0 spiro atoms. The van der Waals surface area contributed by atoms with Gasteiger partial charge >= 0.3 is 0 Å². The van der Waals surface area contributed by atoms with Crippen molar-refractivity contribution in [3.63, 3.8) is 0 Å². The Balaban J connectivity index is 1.23. The zero-order chi connectivity index (χ0) is 36.9. The molecule has 4 aromatic carbocycles. The van der Waals surface area contributed by atoms with Gasteiger partial charge in [-0.05, 0) is 30.3 Å². The van der Waals surface area contributed by atoms with Crippen LogP contribution in [0.25, 0.3) is 67.4 Å². The first kappa shape index (κ1) is 34.5. The average molecular weight is 761 g/mol. The summed E-state index contributed by atoms with van der Waals surface area (Å²) in [4.78, 5) is 20.5. The van der Waals surface area contributed by atoms with Crippen LogP contribution in [0.15, 0.2) is 102 Å². The highest BCUT2D eigenvalue weighted by Gasteiger charge is 2.41. The molecule has 0 saturated heterocycles. The molecule has 2 aliphatic heterocycles. The Morgan fingerprint density at radius 1 is 0.472 bits per heavy atom. The normalized spacial score (nSPS) is 18.1. The molecule has 0 radical (unpaired) electrons. The molecular weight excluding hydrogens is 713 g/mol. The predicted octanol–water partition coefficient (Wildman–Crippen LogP) is 9.52. The van der Waals surface area contributed by atoms with Gasteiger partial charge < -0.3 is 4.42 Å². The molecule has 0 bridgehead atoms. The molecule has 266 valence electrons. The van der Waals surface area contributed by atoms with Crippen LogP contribution in [-0.4, -0.2) is 52.2 Å². The number of nitrogens with zero attached hydrogens (tertiary/aromatic N) is 4. The van der Waals surface area contributed by atoms with Crippen LogP contribution in [0.3, 0.4) is 0 Å². The van der Waals surface area contributed by atoms with Crippen LogP contribution in [-0.2, 0) is 0 Å². The van der Waals surface area contributed by atoms with Crippen LogP contribution >= 0.6 is 0 Å². The van der Waals surface area contributed by atoms with Crippen molar-refractivity contribution in [2.75, 3.05) is 0 Å². The molecule has 0 fully saturated rings. The first-order chi connectivity index (χ1) is 25.2. The number of para-hydroxylation sites is 1. The summed E-state index contributed by atoms with van der Waals surface area (Å²) in [6, 6.07) is 38.5. The molecule has 3 aromatic heterocycles. The fourth-order valence-corrected chi connectivity index (χ4v) is 29.4. The van der Waals surface area contributed by atoms with E-state index in [1.807, 2.05) is 24.4 Å². The van der Waals surface area contributed by atoms with Crippen molar-refractivity contribution in [1.82, 2.24) is 19.9 Å². The zero-order valence-corrected chi connectivity index (χ0v) is 36.3. The lowest BCUT2D eigenvalue weighted by Crippen LogP contribution is -2.63. The Morgan fingerprint density at radius 3 is 1.51 bits per heavy atom. The van der Waals surface area contributed by atoms with Gasteiger partial charge in [0.25, 0.3) is 0 Å². The minimum Gasteiger partial charge on any atom is -0.455 e. The van der Waals surface area contributed by atoms with Crippen molar-refractivity contribution in [3.8, 4) is 45.4 Å². The third kappa shape index (κ3) is 5.83.